The van der Waals surface area contributed by atoms with E-state index < -0.39 is 12.1 Å². The van der Waals surface area contributed by atoms with Gasteiger partial charge in [-0.05, 0) is 25.7 Å². The third-order valence-corrected chi connectivity index (χ3v) is 2.60. The minimum atomic E-state index is -1.40. The zero-order chi connectivity index (χ0) is 9.68. The van der Waals surface area contributed by atoms with Gasteiger partial charge in [0.2, 0.25) is 0 Å². The molecule has 13 heavy (non-hydrogen) atoms. The van der Waals surface area contributed by atoms with Crippen LogP contribution in [-0.4, -0.2) is 18.7 Å². The van der Waals surface area contributed by atoms with Crippen molar-refractivity contribution in [2.75, 3.05) is 6.61 Å². The van der Waals surface area contributed by atoms with E-state index in [2.05, 4.69) is 4.74 Å². The zero-order valence-corrected chi connectivity index (χ0v) is 8.09. The Morgan fingerprint density at radius 3 is 2.77 bits per heavy atom. The summed E-state index contributed by atoms with van der Waals surface area (Å²) in [4.78, 5) is 10.9. The van der Waals surface area contributed by atoms with Crippen molar-refractivity contribution in [3.63, 3.8) is 0 Å². The largest absolute Gasteiger partial charge is 0.464 e. The van der Waals surface area contributed by atoms with E-state index in [4.69, 9.17) is 0 Å². The van der Waals surface area contributed by atoms with Gasteiger partial charge in [-0.3, -0.25) is 0 Å². The van der Waals surface area contributed by atoms with Crippen molar-refractivity contribution in [1.82, 2.24) is 0 Å². The molecule has 1 rings (SSSR count). The van der Waals surface area contributed by atoms with Gasteiger partial charge in [0, 0.05) is 0 Å². The van der Waals surface area contributed by atoms with Gasteiger partial charge in [-0.15, -0.1) is 0 Å². The van der Waals surface area contributed by atoms with Gasteiger partial charge in [-0.1, -0.05) is 19.3 Å². The van der Waals surface area contributed by atoms with E-state index in [-0.39, 0.29) is 6.61 Å². The molecule has 0 bridgehead atoms. The predicted octanol–water partition coefficient (Wildman–Crippen LogP) is 2.47. The van der Waals surface area contributed by atoms with E-state index in [0.29, 0.717) is 12.3 Å². The van der Waals surface area contributed by atoms with E-state index >= 15 is 0 Å². The molecule has 0 aromatic heterocycles. The number of halogens is 1. The Balaban J connectivity index is 2.08. The van der Waals surface area contributed by atoms with Crippen molar-refractivity contribution < 1.29 is 13.9 Å². The van der Waals surface area contributed by atoms with E-state index in [9.17, 15) is 9.18 Å². The molecule has 1 saturated carbocycles. The maximum atomic E-state index is 13.0. The summed E-state index contributed by atoms with van der Waals surface area (Å²) >= 11 is 0. The maximum absolute atomic E-state index is 13.0. The number of hydrogen-bond donors (Lipinski definition) is 0. The van der Waals surface area contributed by atoms with Crippen LogP contribution in [-0.2, 0) is 9.53 Å². The van der Waals surface area contributed by atoms with Gasteiger partial charge in [0.1, 0.15) is 0 Å². The number of carbonyl (C=O) groups is 1. The smallest absolute Gasteiger partial charge is 0.340 e. The highest BCUT2D eigenvalue weighted by Crippen LogP contribution is 2.31. The van der Waals surface area contributed by atoms with Crippen molar-refractivity contribution >= 4 is 5.97 Å². The van der Waals surface area contributed by atoms with Crippen molar-refractivity contribution in [3.05, 3.63) is 0 Å². The molecule has 76 valence electrons. The highest BCUT2D eigenvalue weighted by Gasteiger charge is 2.23. The predicted molar refractivity (Wildman–Crippen MR) is 48.1 cm³/mol. The van der Waals surface area contributed by atoms with Crippen molar-refractivity contribution in [1.29, 1.82) is 0 Å². The average molecular weight is 188 g/mol. The molecule has 1 fully saturated rings. The van der Waals surface area contributed by atoms with Crippen molar-refractivity contribution in [2.24, 2.45) is 5.92 Å². The number of rotatable bonds is 5. The second-order valence-electron chi connectivity index (χ2n) is 3.59. The molecule has 0 radical (unpaired) electrons. The first kappa shape index (κ1) is 10.5. The molecule has 1 atom stereocenters. The molecule has 1 unspecified atom stereocenters. The molecule has 0 saturated heterocycles. The fraction of sp³-hybridized carbons (Fsp3) is 0.900. The number of alkyl halides is 1. The average Bonchev–Trinajstić information content (AvgIpc) is 2.01. The molecule has 1 aliphatic carbocycles. The third kappa shape index (κ3) is 3.33. The summed E-state index contributed by atoms with van der Waals surface area (Å²) in [5.74, 6) is -0.0329. The van der Waals surface area contributed by atoms with Crippen LogP contribution in [0.4, 0.5) is 4.39 Å². The molecular weight excluding hydrogens is 171 g/mol. The monoisotopic (exact) mass is 188 g/mol. The van der Waals surface area contributed by atoms with Gasteiger partial charge in [-0.2, -0.15) is 0 Å². The Hall–Kier alpha value is -0.600. The van der Waals surface area contributed by atoms with Gasteiger partial charge < -0.3 is 4.74 Å². The number of carbonyl (C=O) groups excluding carboxylic acids is 1. The zero-order valence-electron chi connectivity index (χ0n) is 8.09. The van der Waals surface area contributed by atoms with Crippen molar-refractivity contribution in [3.8, 4) is 0 Å². The SMILES string of the molecule is CCOC(=O)C(F)CCC1CCC1. The van der Waals surface area contributed by atoms with Gasteiger partial charge in [-0.25, -0.2) is 9.18 Å². The second kappa shape index (κ2) is 5.20. The van der Waals surface area contributed by atoms with E-state index in [0.717, 1.165) is 6.42 Å². The topological polar surface area (TPSA) is 26.3 Å². The Labute approximate surface area is 78.5 Å². The molecule has 2 nitrogen and oxygen atoms in total. The van der Waals surface area contributed by atoms with Crippen LogP contribution >= 0.6 is 0 Å². The molecule has 0 heterocycles. The summed E-state index contributed by atoms with van der Waals surface area (Å²) in [6.45, 7) is 1.96. The first-order valence-corrected chi connectivity index (χ1v) is 5.04. The molecule has 0 aromatic carbocycles. The van der Waals surface area contributed by atoms with Crippen LogP contribution < -0.4 is 0 Å². The Kier molecular flexibility index (Phi) is 4.19. The minimum Gasteiger partial charge on any atom is -0.464 e. The van der Waals surface area contributed by atoms with Crippen LogP contribution in [0.1, 0.15) is 39.0 Å². The Bertz CT molecular complexity index is 166. The van der Waals surface area contributed by atoms with Crippen LogP contribution in [0.3, 0.4) is 0 Å². The summed E-state index contributed by atoms with van der Waals surface area (Å²) in [6, 6.07) is 0. The Morgan fingerprint density at radius 2 is 2.31 bits per heavy atom. The second-order valence-corrected chi connectivity index (χ2v) is 3.59. The molecule has 0 N–H and O–H groups in total. The lowest BCUT2D eigenvalue weighted by molar-refractivity contribution is -0.149. The van der Waals surface area contributed by atoms with Crippen LogP contribution in [0.25, 0.3) is 0 Å². The number of ether oxygens (including phenoxy) is 1. The van der Waals surface area contributed by atoms with E-state index in [1.54, 1.807) is 6.92 Å². The standard InChI is InChI=1S/C10H17FO2/c1-2-13-10(12)9(11)7-6-8-4-3-5-8/h8-9H,2-7H2,1H3. The van der Waals surface area contributed by atoms with Gasteiger partial charge in [0.05, 0.1) is 6.61 Å². The lowest BCUT2D eigenvalue weighted by atomic mass is 9.82. The quantitative estimate of drug-likeness (QED) is 0.619. The summed E-state index contributed by atoms with van der Waals surface area (Å²) in [5, 5.41) is 0. The molecular formula is C10H17FO2. The molecule has 3 heteroatoms. The number of hydrogen-bond acceptors (Lipinski definition) is 2. The molecule has 1 aliphatic rings. The minimum absolute atomic E-state index is 0.267. The van der Waals surface area contributed by atoms with Crippen LogP contribution in [0.15, 0.2) is 0 Å². The van der Waals surface area contributed by atoms with Crippen LogP contribution in [0.5, 0.6) is 0 Å². The first-order chi connectivity index (χ1) is 6.24. The molecule has 0 aliphatic heterocycles. The Morgan fingerprint density at radius 1 is 1.62 bits per heavy atom. The lowest BCUT2D eigenvalue weighted by Crippen LogP contribution is -2.21. The summed E-state index contributed by atoms with van der Waals surface area (Å²) < 4.78 is 17.6. The summed E-state index contributed by atoms with van der Waals surface area (Å²) in [6.07, 6.45) is 3.44. The molecule has 0 spiro atoms. The summed E-state index contributed by atoms with van der Waals surface area (Å²) in [5.41, 5.74) is 0. The van der Waals surface area contributed by atoms with Crippen LogP contribution in [0.2, 0.25) is 0 Å². The molecule has 0 amide bonds. The van der Waals surface area contributed by atoms with Gasteiger partial charge >= 0.3 is 5.97 Å². The fourth-order valence-corrected chi connectivity index (χ4v) is 1.51. The summed E-state index contributed by atoms with van der Waals surface area (Å²) in [7, 11) is 0. The highest BCUT2D eigenvalue weighted by molar-refractivity contribution is 5.74. The first-order valence-electron chi connectivity index (χ1n) is 5.04. The maximum Gasteiger partial charge on any atom is 0.340 e. The van der Waals surface area contributed by atoms with Gasteiger partial charge in [0.25, 0.3) is 0 Å². The number of esters is 1. The van der Waals surface area contributed by atoms with E-state index in [1.807, 2.05) is 0 Å². The third-order valence-electron chi connectivity index (χ3n) is 2.60. The van der Waals surface area contributed by atoms with Crippen LogP contribution in [0, 0.1) is 5.92 Å². The highest BCUT2D eigenvalue weighted by atomic mass is 19.1. The van der Waals surface area contributed by atoms with E-state index in [1.165, 1.54) is 19.3 Å². The van der Waals surface area contributed by atoms with Crippen molar-refractivity contribution in [2.45, 2.75) is 45.2 Å². The lowest BCUT2D eigenvalue weighted by Gasteiger charge is -2.25. The fourth-order valence-electron chi connectivity index (χ4n) is 1.51. The normalized spacial score (nSPS) is 19.2. The molecule has 0 aromatic rings. The van der Waals surface area contributed by atoms with Gasteiger partial charge in [0.15, 0.2) is 6.17 Å².